The smallest absolute Gasteiger partial charge is 0.0130 e. The topological polar surface area (TPSA) is 0 Å². The van der Waals surface area contributed by atoms with Crippen LogP contribution in [0.1, 0.15) is 5.56 Å². The van der Waals surface area contributed by atoms with Crippen molar-refractivity contribution in [2.24, 2.45) is 0 Å². The standard InChI is InChI=1S/C7H7I.Zn/c1-6-2-4-7(8)5-3-6;/h2-5H,1H3;. The molecular weight excluding hydrogens is 276 g/mol. The summed E-state index contributed by atoms with van der Waals surface area (Å²) in [6.45, 7) is 2.09. The summed E-state index contributed by atoms with van der Waals surface area (Å²) >= 11 is 2.30. The van der Waals surface area contributed by atoms with E-state index in [0.717, 1.165) is 0 Å². The maximum absolute atomic E-state index is 2.30. The zero-order valence-corrected chi connectivity index (χ0v) is 10.5. The van der Waals surface area contributed by atoms with Crippen LogP contribution in [0.3, 0.4) is 0 Å². The summed E-state index contributed by atoms with van der Waals surface area (Å²) in [4.78, 5) is 0. The minimum atomic E-state index is 0. The third-order valence-electron chi connectivity index (χ3n) is 1.01. The number of aryl methyl sites for hydroxylation is 1. The molecule has 0 saturated heterocycles. The number of halogens is 1. The Kier molecular flexibility index (Phi) is 4.68. The zero-order valence-electron chi connectivity index (χ0n) is 5.39. The Labute approximate surface area is 81.9 Å². The first kappa shape index (κ1) is 9.57. The van der Waals surface area contributed by atoms with E-state index in [1.807, 2.05) is 0 Å². The summed E-state index contributed by atoms with van der Waals surface area (Å²) in [5.74, 6) is 0. The second-order valence-corrected chi connectivity index (χ2v) is 3.04. The van der Waals surface area contributed by atoms with Crippen LogP contribution in [0.4, 0.5) is 0 Å². The molecule has 0 N–H and O–H groups in total. The summed E-state index contributed by atoms with van der Waals surface area (Å²) in [7, 11) is 0. The predicted octanol–water partition coefficient (Wildman–Crippen LogP) is 2.60. The van der Waals surface area contributed by atoms with E-state index < -0.39 is 0 Å². The van der Waals surface area contributed by atoms with Crippen LogP contribution in [-0.2, 0) is 19.5 Å². The van der Waals surface area contributed by atoms with E-state index in [1.54, 1.807) is 0 Å². The van der Waals surface area contributed by atoms with E-state index in [1.165, 1.54) is 9.13 Å². The largest absolute Gasteiger partial charge is 0.0583 e. The minimum absolute atomic E-state index is 0. The molecule has 0 aromatic heterocycles. The molecular formula is C7H7IZn. The second-order valence-electron chi connectivity index (χ2n) is 1.80. The van der Waals surface area contributed by atoms with Gasteiger partial charge in [-0.05, 0) is 41.6 Å². The van der Waals surface area contributed by atoms with Gasteiger partial charge >= 0.3 is 0 Å². The molecule has 0 spiro atoms. The van der Waals surface area contributed by atoms with Gasteiger partial charge < -0.3 is 0 Å². The Bertz CT molecular complexity index is 148. The van der Waals surface area contributed by atoms with Crippen molar-refractivity contribution in [3.8, 4) is 0 Å². The SMILES string of the molecule is Cc1ccc(I)cc1.[Zn]. The molecule has 2 heteroatoms. The molecule has 44 valence electrons. The molecule has 9 heavy (non-hydrogen) atoms. The fourth-order valence-electron chi connectivity index (χ4n) is 0.533. The molecule has 1 aromatic rings. The number of hydrogen-bond donors (Lipinski definition) is 0. The van der Waals surface area contributed by atoms with Gasteiger partial charge in [-0.3, -0.25) is 0 Å². The summed E-state index contributed by atoms with van der Waals surface area (Å²) in [6, 6.07) is 8.44. The molecule has 0 unspecified atom stereocenters. The third kappa shape index (κ3) is 3.31. The van der Waals surface area contributed by atoms with Crippen LogP contribution in [0.25, 0.3) is 0 Å². The van der Waals surface area contributed by atoms with E-state index in [0.29, 0.717) is 0 Å². The maximum atomic E-state index is 2.30. The number of rotatable bonds is 0. The van der Waals surface area contributed by atoms with Crippen LogP contribution in [0.2, 0.25) is 0 Å². The van der Waals surface area contributed by atoms with Gasteiger partial charge in [0.15, 0.2) is 0 Å². The van der Waals surface area contributed by atoms with Crippen molar-refractivity contribution >= 4 is 22.6 Å². The van der Waals surface area contributed by atoms with Crippen LogP contribution >= 0.6 is 22.6 Å². The summed E-state index contributed by atoms with van der Waals surface area (Å²) in [6.07, 6.45) is 0. The van der Waals surface area contributed by atoms with Gasteiger partial charge in [0.05, 0.1) is 0 Å². The summed E-state index contributed by atoms with van der Waals surface area (Å²) in [5.41, 5.74) is 1.32. The van der Waals surface area contributed by atoms with Crippen molar-refractivity contribution in [2.45, 2.75) is 6.92 Å². The Morgan fingerprint density at radius 3 is 1.89 bits per heavy atom. The van der Waals surface area contributed by atoms with Gasteiger partial charge in [-0.25, -0.2) is 0 Å². The van der Waals surface area contributed by atoms with Crippen LogP contribution in [0, 0.1) is 10.5 Å². The molecule has 0 atom stereocenters. The van der Waals surface area contributed by atoms with Crippen molar-refractivity contribution in [3.05, 3.63) is 33.4 Å². The fourth-order valence-corrected chi connectivity index (χ4v) is 0.893. The van der Waals surface area contributed by atoms with Crippen molar-refractivity contribution < 1.29 is 19.5 Å². The molecule has 0 aliphatic carbocycles. The fraction of sp³-hybridized carbons (Fsp3) is 0.143. The molecule has 0 heterocycles. The van der Waals surface area contributed by atoms with Crippen molar-refractivity contribution in [3.63, 3.8) is 0 Å². The monoisotopic (exact) mass is 282 g/mol. The number of benzene rings is 1. The Balaban J connectivity index is 0.000000640. The molecule has 1 rings (SSSR count). The first-order valence-corrected chi connectivity index (χ1v) is 3.59. The Hall–Kier alpha value is 0.573. The molecule has 0 aliphatic heterocycles. The first-order chi connectivity index (χ1) is 3.79. The average Bonchev–Trinajstić information content (AvgIpc) is 1.77. The average molecular weight is 283 g/mol. The van der Waals surface area contributed by atoms with Gasteiger partial charge in [-0.15, -0.1) is 0 Å². The molecule has 0 radical (unpaired) electrons. The molecule has 0 fully saturated rings. The van der Waals surface area contributed by atoms with E-state index >= 15 is 0 Å². The van der Waals surface area contributed by atoms with Crippen molar-refractivity contribution in [1.82, 2.24) is 0 Å². The van der Waals surface area contributed by atoms with Crippen LogP contribution < -0.4 is 0 Å². The van der Waals surface area contributed by atoms with Gasteiger partial charge in [-0.2, -0.15) is 0 Å². The molecule has 0 saturated carbocycles. The number of hydrogen-bond acceptors (Lipinski definition) is 0. The Morgan fingerprint density at radius 1 is 1.11 bits per heavy atom. The quantitative estimate of drug-likeness (QED) is 0.507. The van der Waals surface area contributed by atoms with Crippen molar-refractivity contribution in [1.29, 1.82) is 0 Å². The van der Waals surface area contributed by atoms with Crippen LogP contribution in [0.15, 0.2) is 24.3 Å². The van der Waals surface area contributed by atoms with Crippen molar-refractivity contribution in [2.75, 3.05) is 0 Å². The summed E-state index contributed by atoms with van der Waals surface area (Å²) < 4.78 is 1.30. The van der Waals surface area contributed by atoms with E-state index in [2.05, 4.69) is 53.8 Å². The van der Waals surface area contributed by atoms with Gasteiger partial charge in [0.2, 0.25) is 0 Å². The normalized spacial score (nSPS) is 8.22. The van der Waals surface area contributed by atoms with Gasteiger partial charge in [0.1, 0.15) is 0 Å². The first-order valence-electron chi connectivity index (χ1n) is 2.51. The van der Waals surface area contributed by atoms with E-state index in [4.69, 9.17) is 0 Å². The third-order valence-corrected chi connectivity index (χ3v) is 1.73. The molecule has 1 aromatic carbocycles. The predicted molar refractivity (Wildman–Crippen MR) is 43.9 cm³/mol. The molecule has 0 amide bonds. The zero-order chi connectivity index (χ0) is 5.98. The minimum Gasteiger partial charge on any atom is -0.0583 e. The maximum Gasteiger partial charge on any atom is 0.0130 e. The van der Waals surface area contributed by atoms with Gasteiger partial charge in [-0.1, -0.05) is 17.7 Å². The second kappa shape index (κ2) is 4.40. The van der Waals surface area contributed by atoms with E-state index in [-0.39, 0.29) is 19.5 Å². The molecule has 0 aliphatic rings. The van der Waals surface area contributed by atoms with Gasteiger partial charge in [0, 0.05) is 23.0 Å². The van der Waals surface area contributed by atoms with Crippen LogP contribution in [0.5, 0.6) is 0 Å². The molecule has 0 bridgehead atoms. The Morgan fingerprint density at radius 2 is 1.56 bits per heavy atom. The van der Waals surface area contributed by atoms with E-state index in [9.17, 15) is 0 Å². The van der Waals surface area contributed by atoms with Gasteiger partial charge in [0.25, 0.3) is 0 Å². The summed E-state index contributed by atoms with van der Waals surface area (Å²) in [5, 5.41) is 0. The van der Waals surface area contributed by atoms with Crippen LogP contribution in [-0.4, -0.2) is 0 Å². The molecule has 0 nitrogen and oxygen atoms in total.